The summed E-state index contributed by atoms with van der Waals surface area (Å²) in [6.45, 7) is 1.44. The fraction of sp³-hybridized carbons (Fsp3) is 0.500. The van der Waals surface area contributed by atoms with E-state index in [-0.39, 0.29) is 11.9 Å². The Balaban J connectivity index is 2.07. The van der Waals surface area contributed by atoms with Crippen molar-refractivity contribution < 1.29 is 14.7 Å². The number of carboxylic acid groups (broad SMARTS) is 1. The summed E-state index contributed by atoms with van der Waals surface area (Å²) in [7, 11) is 0. The van der Waals surface area contributed by atoms with Crippen molar-refractivity contribution in [3.05, 3.63) is 10.6 Å². The van der Waals surface area contributed by atoms with Crippen LogP contribution in [0.2, 0.25) is 0 Å². The van der Waals surface area contributed by atoms with Gasteiger partial charge in [-0.15, -0.1) is 11.3 Å². The molecule has 7 heteroatoms. The van der Waals surface area contributed by atoms with Gasteiger partial charge in [-0.3, -0.25) is 4.79 Å². The highest BCUT2D eigenvalue weighted by molar-refractivity contribution is 7.15. The summed E-state index contributed by atoms with van der Waals surface area (Å²) in [4.78, 5) is 26.8. The Labute approximate surface area is 102 Å². The van der Waals surface area contributed by atoms with Gasteiger partial charge in [0.05, 0.1) is 5.69 Å². The molecule has 0 radical (unpaired) electrons. The van der Waals surface area contributed by atoms with Crippen molar-refractivity contribution in [1.82, 2.24) is 10.3 Å². The summed E-state index contributed by atoms with van der Waals surface area (Å²) in [5.74, 6) is -0.142. The minimum Gasteiger partial charge on any atom is -0.465 e. The Morgan fingerprint density at radius 2 is 2.29 bits per heavy atom. The smallest absolute Gasteiger partial charge is 0.404 e. The quantitative estimate of drug-likeness (QED) is 0.741. The molecule has 1 aromatic rings. The lowest BCUT2D eigenvalue weighted by Crippen LogP contribution is -2.37. The summed E-state index contributed by atoms with van der Waals surface area (Å²) >= 11 is 1.42. The van der Waals surface area contributed by atoms with Gasteiger partial charge in [-0.05, 0) is 12.8 Å². The number of hydrogen-bond donors (Lipinski definition) is 3. The van der Waals surface area contributed by atoms with E-state index in [2.05, 4.69) is 15.6 Å². The molecule has 1 aliphatic rings. The topological polar surface area (TPSA) is 91.3 Å². The van der Waals surface area contributed by atoms with E-state index >= 15 is 0 Å². The van der Waals surface area contributed by atoms with Gasteiger partial charge in [0.2, 0.25) is 5.91 Å². The van der Waals surface area contributed by atoms with Crippen LogP contribution in [0.1, 0.15) is 23.9 Å². The maximum absolute atomic E-state index is 10.9. The summed E-state index contributed by atoms with van der Waals surface area (Å²) in [6, 6.07) is -0.0503. The van der Waals surface area contributed by atoms with Crippen LogP contribution in [-0.4, -0.2) is 28.1 Å². The average Bonchev–Trinajstić information content (AvgIpc) is 2.56. The van der Waals surface area contributed by atoms with E-state index in [1.165, 1.54) is 18.3 Å². The minimum atomic E-state index is -0.995. The van der Waals surface area contributed by atoms with Gasteiger partial charge in [-0.1, -0.05) is 0 Å². The highest BCUT2D eigenvalue weighted by atomic mass is 32.1. The number of aromatic nitrogens is 1. The van der Waals surface area contributed by atoms with Crippen molar-refractivity contribution in [3.8, 4) is 0 Å². The standard InChI is InChI=1S/C10H13N3O3S/c1-5(14)11-9-13-7-3-2-6(12-10(15)16)4-8(7)17-9/h6,12H,2-4H2,1H3,(H,15,16)(H,11,13,14). The Kier molecular flexibility index (Phi) is 3.28. The highest BCUT2D eigenvalue weighted by Crippen LogP contribution is 2.29. The van der Waals surface area contributed by atoms with Crippen LogP contribution in [0.4, 0.5) is 9.93 Å². The highest BCUT2D eigenvalue weighted by Gasteiger charge is 2.23. The molecule has 2 rings (SSSR count). The number of nitrogens with zero attached hydrogens (tertiary/aromatic N) is 1. The Hall–Kier alpha value is -1.63. The van der Waals surface area contributed by atoms with Crippen LogP contribution in [0.5, 0.6) is 0 Å². The zero-order valence-electron chi connectivity index (χ0n) is 9.32. The summed E-state index contributed by atoms with van der Waals surface area (Å²) < 4.78 is 0. The van der Waals surface area contributed by atoms with E-state index in [1.807, 2.05) is 0 Å². The van der Waals surface area contributed by atoms with Gasteiger partial charge < -0.3 is 15.7 Å². The third-order valence-corrected chi connectivity index (χ3v) is 3.59. The molecule has 0 fully saturated rings. The zero-order valence-corrected chi connectivity index (χ0v) is 10.1. The number of fused-ring (bicyclic) bond motifs is 1. The molecule has 1 aromatic heterocycles. The van der Waals surface area contributed by atoms with Gasteiger partial charge in [0.1, 0.15) is 0 Å². The Bertz CT molecular complexity index is 458. The van der Waals surface area contributed by atoms with Crippen LogP contribution in [0.3, 0.4) is 0 Å². The van der Waals surface area contributed by atoms with Crippen molar-refractivity contribution >= 4 is 28.5 Å². The number of carbonyl (C=O) groups excluding carboxylic acids is 1. The molecule has 17 heavy (non-hydrogen) atoms. The van der Waals surface area contributed by atoms with E-state index in [9.17, 15) is 9.59 Å². The van der Waals surface area contributed by atoms with Crippen molar-refractivity contribution in [1.29, 1.82) is 0 Å². The number of thiazole rings is 1. The Morgan fingerprint density at radius 3 is 2.94 bits per heavy atom. The molecule has 0 saturated carbocycles. The molecule has 1 unspecified atom stereocenters. The monoisotopic (exact) mass is 255 g/mol. The molecule has 1 atom stereocenters. The first-order valence-electron chi connectivity index (χ1n) is 5.30. The second-order valence-electron chi connectivity index (χ2n) is 3.96. The molecule has 1 heterocycles. The fourth-order valence-corrected chi connectivity index (χ4v) is 3.01. The normalized spacial score (nSPS) is 18.3. The minimum absolute atomic E-state index is 0.0503. The van der Waals surface area contributed by atoms with Gasteiger partial charge in [0, 0.05) is 24.3 Å². The lowest BCUT2D eigenvalue weighted by Gasteiger charge is -2.20. The van der Waals surface area contributed by atoms with Crippen molar-refractivity contribution in [3.63, 3.8) is 0 Å². The van der Waals surface area contributed by atoms with Crippen LogP contribution in [-0.2, 0) is 17.6 Å². The number of anilines is 1. The van der Waals surface area contributed by atoms with Gasteiger partial charge in [-0.25, -0.2) is 9.78 Å². The van der Waals surface area contributed by atoms with Crippen molar-refractivity contribution in [2.24, 2.45) is 0 Å². The SMILES string of the molecule is CC(=O)Nc1nc2c(s1)CC(NC(=O)O)CC2. The maximum atomic E-state index is 10.9. The molecule has 92 valence electrons. The molecule has 6 nitrogen and oxygen atoms in total. The zero-order chi connectivity index (χ0) is 12.4. The first-order valence-corrected chi connectivity index (χ1v) is 6.12. The largest absolute Gasteiger partial charge is 0.465 e. The maximum Gasteiger partial charge on any atom is 0.404 e. The number of carbonyl (C=O) groups is 2. The molecule has 0 aliphatic heterocycles. The third kappa shape index (κ3) is 2.94. The van der Waals surface area contributed by atoms with Crippen LogP contribution in [0.15, 0.2) is 0 Å². The second kappa shape index (κ2) is 4.70. The molecule has 3 N–H and O–H groups in total. The summed E-state index contributed by atoms with van der Waals surface area (Å²) in [5.41, 5.74) is 0.974. The van der Waals surface area contributed by atoms with E-state index in [0.29, 0.717) is 11.6 Å². The van der Waals surface area contributed by atoms with E-state index in [1.54, 1.807) is 0 Å². The number of hydrogen-bond acceptors (Lipinski definition) is 4. The second-order valence-corrected chi connectivity index (χ2v) is 5.04. The molecule has 0 spiro atoms. The van der Waals surface area contributed by atoms with E-state index < -0.39 is 6.09 Å². The molecule has 0 bridgehead atoms. The first kappa shape index (κ1) is 11.8. The fourth-order valence-electron chi connectivity index (χ4n) is 1.88. The number of nitrogens with one attached hydrogen (secondary N) is 2. The van der Waals surface area contributed by atoms with Crippen LogP contribution < -0.4 is 10.6 Å². The lowest BCUT2D eigenvalue weighted by molar-refractivity contribution is -0.114. The third-order valence-electron chi connectivity index (χ3n) is 2.55. The molecule has 0 saturated heterocycles. The number of amides is 2. The molecule has 2 amide bonds. The van der Waals surface area contributed by atoms with Crippen molar-refractivity contribution in [2.75, 3.05) is 5.32 Å². The van der Waals surface area contributed by atoms with Gasteiger partial charge in [0.25, 0.3) is 0 Å². The van der Waals surface area contributed by atoms with Crippen LogP contribution >= 0.6 is 11.3 Å². The predicted octanol–water partition coefficient (Wildman–Crippen LogP) is 1.23. The summed E-state index contributed by atoms with van der Waals surface area (Å²) in [5, 5.41) is 14.4. The van der Waals surface area contributed by atoms with Crippen LogP contribution in [0, 0.1) is 0 Å². The summed E-state index contributed by atoms with van der Waals surface area (Å²) in [6.07, 6.45) is 1.16. The van der Waals surface area contributed by atoms with Gasteiger partial charge in [-0.2, -0.15) is 0 Å². The molecular weight excluding hydrogens is 242 g/mol. The van der Waals surface area contributed by atoms with Crippen molar-refractivity contribution in [2.45, 2.75) is 32.2 Å². The lowest BCUT2D eigenvalue weighted by atomic mass is 9.98. The van der Waals surface area contributed by atoms with E-state index in [0.717, 1.165) is 23.4 Å². The molecule has 0 aromatic carbocycles. The van der Waals surface area contributed by atoms with E-state index in [4.69, 9.17) is 5.11 Å². The number of rotatable bonds is 2. The van der Waals surface area contributed by atoms with Crippen LogP contribution in [0.25, 0.3) is 0 Å². The average molecular weight is 255 g/mol. The van der Waals surface area contributed by atoms with Gasteiger partial charge >= 0.3 is 6.09 Å². The number of aryl methyl sites for hydroxylation is 1. The molecule has 1 aliphatic carbocycles. The predicted molar refractivity (Wildman–Crippen MR) is 63.4 cm³/mol. The van der Waals surface area contributed by atoms with Gasteiger partial charge in [0.15, 0.2) is 5.13 Å². The Morgan fingerprint density at radius 1 is 1.53 bits per heavy atom. The first-order chi connectivity index (χ1) is 8.04. The molecular formula is C10H13N3O3S.